The summed E-state index contributed by atoms with van der Waals surface area (Å²) in [6, 6.07) is 6.82. The van der Waals surface area contributed by atoms with E-state index in [9.17, 15) is 9.59 Å². The molecule has 102 valence electrons. The van der Waals surface area contributed by atoms with Gasteiger partial charge < -0.3 is 10.1 Å². The van der Waals surface area contributed by atoms with Crippen molar-refractivity contribution in [1.82, 2.24) is 0 Å². The molecule has 1 aliphatic carbocycles. The number of amides is 1. The van der Waals surface area contributed by atoms with Crippen LogP contribution in [-0.2, 0) is 9.53 Å². The van der Waals surface area contributed by atoms with E-state index < -0.39 is 0 Å². The number of carbonyl (C=O) groups is 2. The standard InChI is InChI=1S/C15H19NO3/c1-2-10-19-15(18)12-6-8-13(9-7-12)16-14(17)11-4-3-5-11/h6-9,11H,2-5,10H2,1H3,(H,16,17). The Balaban J connectivity index is 1.90. The first kappa shape index (κ1) is 13.6. The minimum absolute atomic E-state index is 0.0764. The lowest BCUT2D eigenvalue weighted by atomic mass is 9.85. The molecular weight excluding hydrogens is 242 g/mol. The topological polar surface area (TPSA) is 55.4 Å². The Morgan fingerprint density at radius 3 is 2.47 bits per heavy atom. The summed E-state index contributed by atoms with van der Waals surface area (Å²) in [6.07, 6.45) is 3.90. The SMILES string of the molecule is CCCOC(=O)c1ccc(NC(=O)C2CCC2)cc1. The summed E-state index contributed by atoms with van der Waals surface area (Å²) in [6.45, 7) is 2.38. The van der Waals surface area contributed by atoms with Crippen molar-refractivity contribution in [2.75, 3.05) is 11.9 Å². The van der Waals surface area contributed by atoms with Crippen molar-refractivity contribution in [1.29, 1.82) is 0 Å². The van der Waals surface area contributed by atoms with Crippen LogP contribution in [0.1, 0.15) is 43.0 Å². The average molecular weight is 261 g/mol. The zero-order chi connectivity index (χ0) is 13.7. The Hall–Kier alpha value is -1.84. The second-order valence-electron chi connectivity index (χ2n) is 4.83. The first-order chi connectivity index (χ1) is 9.20. The van der Waals surface area contributed by atoms with Crippen LogP contribution in [0.5, 0.6) is 0 Å². The highest BCUT2D eigenvalue weighted by Crippen LogP contribution is 2.27. The Morgan fingerprint density at radius 1 is 1.26 bits per heavy atom. The lowest BCUT2D eigenvalue weighted by Gasteiger charge is -2.24. The summed E-state index contributed by atoms with van der Waals surface area (Å²) < 4.78 is 5.04. The Labute approximate surface area is 113 Å². The number of ether oxygens (including phenoxy) is 1. The maximum atomic E-state index is 11.8. The fourth-order valence-corrected chi connectivity index (χ4v) is 1.88. The maximum Gasteiger partial charge on any atom is 0.338 e. The maximum absolute atomic E-state index is 11.8. The van der Waals surface area contributed by atoms with Gasteiger partial charge in [0.05, 0.1) is 12.2 Å². The van der Waals surface area contributed by atoms with Gasteiger partial charge in [0.2, 0.25) is 5.91 Å². The molecule has 0 saturated heterocycles. The van der Waals surface area contributed by atoms with Crippen LogP contribution in [0, 0.1) is 5.92 Å². The molecule has 1 fully saturated rings. The molecule has 1 amide bonds. The van der Waals surface area contributed by atoms with E-state index in [2.05, 4.69) is 5.32 Å². The van der Waals surface area contributed by atoms with Crippen molar-refractivity contribution < 1.29 is 14.3 Å². The van der Waals surface area contributed by atoms with E-state index in [0.717, 1.165) is 31.4 Å². The van der Waals surface area contributed by atoms with Gasteiger partial charge in [0.1, 0.15) is 0 Å². The highest BCUT2D eigenvalue weighted by Gasteiger charge is 2.25. The number of benzene rings is 1. The van der Waals surface area contributed by atoms with Crippen LogP contribution in [0.15, 0.2) is 24.3 Å². The van der Waals surface area contributed by atoms with Gasteiger partial charge in [0, 0.05) is 11.6 Å². The second kappa shape index (κ2) is 6.36. The Kier molecular flexibility index (Phi) is 4.55. The van der Waals surface area contributed by atoms with Gasteiger partial charge in [-0.2, -0.15) is 0 Å². The minimum atomic E-state index is -0.321. The average Bonchev–Trinajstić information content (AvgIpc) is 2.34. The number of hydrogen-bond donors (Lipinski definition) is 1. The zero-order valence-electron chi connectivity index (χ0n) is 11.1. The van der Waals surface area contributed by atoms with Crippen LogP contribution in [0.2, 0.25) is 0 Å². The molecule has 1 N–H and O–H groups in total. The van der Waals surface area contributed by atoms with Crippen molar-refractivity contribution >= 4 is 17.6 Å². The van der Waals surface area contributed by atoms with E-state index in [4.69, 9.17) is 4.74 Å². The van der Waals surface area contributed by atoms with Crippen molar-refractivity contribution in [3.8, 4) is 0 Å². The predicted octanol–water partition coefficient (Wildman–Crippen LogP) is 2.99. The molecular formula is C15H19NO3. The zero-order valence-corrected chi connectivity index (χ0v) is 11.1. The molecule has 1 aromatic rings. The first-order valence-corrected chi connectivity index (χ1v) is 6.78. The summed E-state index contributed by atoms with van der Waals surface area (Å²) in [7, 11) is 0. The normalized spacial score (nSPS) is 14.6. The third kappa shape index (κ3) is 3.56. The van der Waals surface area contributed by atoms with Gasteiger partial charge in [-0.3, -0.25) is 4.79 Å². The minimum Gasteiger partial charge on any atom is -0.462 e. The Morgan fingerprint density at radius 2 is 1.95 bits per heavy atom. The van der Waals surface area contributed by atoms with Gasteiger partial charge in [0.15, 0.2) is 0 Å². The predicted molar refractivity (Wildman–Crippen MR) is 73.0 cm³/mol. The molecule has 2 rings (SSSR count). The molecule has 4 nitrogen and oxygen atoms in total. The molecule has 0 spiro atoms. The van der Waals surface area contributed by atoms with Crippen molar-refractivity contribution in [2.45, 2.75) is 32.6 Å². The van der Waals surface area contributed by atoms with Gasteiger partial charge in [-0.05, 0) is 43.5 Å². The lowest BCUT2D eigenvalue weighted by molar-refractivity contribution is -0.122. The molecule has 1 saturated carbocycles. The molecule has 1 aromatic carbocycles. The van der Waals surface area contributed by atoms with E-state index in [1.807, 2.05) is 6.92 Å². The molecule has 1 aliphatic rings. The van der Waals surface area contributed by atoms with Crippen LogP contribution in [0.25, 0.3) is 0 Å². The Bertz CT molecular complexity index is 449. The summed E-state index contributed by atoms with van der Waals surface area (Å²) in [5, 5.41) is 2.86. The quantitative estimate of drug-likeness (QED) is 0.829. The monoisotopic (exact) mass is 261 g/mol. The molecule has 0 heterocycles. The molecule has 0 aromatic heterocycles. The largest absolute Gasteiger partial charge is 0.462 e. The molecule has 0 atom stereocenters. The van der Waals surface area contributed by atoms with E-state index >= 15 is 0 Å². The van der Waals surface area contributed by atoms with Crippen molar-refractivity contribution in [3.05, 3.63) is 29.8 Å². The smallest absolute Gasteiger partial charge is 0.338 e. The van der Waals surface area contributed by atoms with Crippen molar-refractivity contribution in [2.24, 2.45) is 5.92 Å². The number of hydrogen-bond acceptors (Lipinski definition) is 3. The van der Waals surface area contributed by atoms with Gasteiger partial charge >= 0.3 is 5.97 Å². The summed E-state index contributed by atoms with van der Waals surface area (Å²) in [5.74, 6) is -0.0829. The molecule has 0 unspecified atom stereocenters. The summed E-state index contributed by atoms with van der Waals surface area (Å²) >= 11 is 0. The van der Waals surface area contributed by atoms with E-state index in [-0.39, 0.29) is 17.8 Å². The number of nitrogens with one attached hydrogen (secondary N) is 1. The number of rotatable bonds is 5. The number of carbonyl (C=O) groups excluding carboxylic acids is 2. The summed E-state index contributed by atoms with van der Waals surface area (Å²) in [5.41, 5.74) is 1.24. The number of anilines is 1. The van der Waals surface area contributed by atoms with Crippen LogP contribution >= 0.6 is 0 Å². The van der Waals surface area contributed by atoms with Crippen molar-refractivity contribution in [3.63, 3.8) is 0 Å². The fraction of sp³-hybridized carbons (Fsp3) is 0.467. The van der Waals surface area contributed by atoms with E-state index in [1.165, 1.54) is 0 Å². The third-order valence-corrected chi connectivity index (χ3v) is 3.30. The van der Waals surface area contributed by atoms with Gasteiger partial charge in [-0.15, -0.1) is 0 Å². The lowest BCUT2D eigenvalue weighted by Crippen LogP contribution is -2.28. The van der Waals surface area contributed by atoms with E-state index in [1.54, 1.807) is 24.3 Å². The highest BCUT2D eigenvalue weighted by molar-refractivity contribution is 5.94. The number of esters is 1. The third-order valence-electron chi connectivity index (χ3n) is 3.30. The molecule has 0 aliphatic heterocycles. The van der Waals surface area contributed by atoms with Crippen LogP contribution < -0.4 is 5.32 Å². The van der Waals surface area contributed by atoms with Gasteiger partial charge in [0.25, 0.3) is 0 Å². The van der Waals surface area contributed by atoms with Gasteiger partial charge in [-0.1, -0.05) is 13.3 Å². The van der Waals surface area contributed by atoms with Crippen LogP contribution in [0.4, 0.5) is 5.69 Å². The molecule has 19 heavy (non-hydrogen) atoms. The molecule has 4 heteroatoms. The van der Waals surface area contributed by atoms with Gasteiger partial charge in [-0.25, -0.2) is 4.79 Å². The fourth-order valence-electron chi connectivity index (χ4n) is 1.88. The first-order valence-electron chi connectivity index (χ1n) is 6.78. The van der Waals surface area contributed by atoms with Crippen LogP contribution in [-0.4, -0.2) is 18.5 Å². The van der Waals surface area contributed by atoms with Crippen LogP contribution in [0.3, 0.4) is 0 Å². The highest BCUT2D eigenvalue weighted by atomic mass is 16.5. The van der Waals surface area contributed by atoms with E-state index in [0.29, 0.717) is 12.2 Å². The summed E-state index contributed by atoms with van der Waals surface area (Å²) in [4.78, 5) is 23.3. The second-order valence-corrected chi connectivity index (χ2v) is 4.83. The molecule has 0 bridgehead atoms. The molecule has 0 radical (unpaired) electrons.